The molecular weight excluding hydrogens is 462 g/mol. The smallest absolute Gasteiger partial charge is 0.270 e. The van der Waals surface area contributed by atoms with Crippen LogP contribution in [0.1, 0.15) is 20.8 Å². The van der Waals surface area contributed by atoms with E-state index < -0.39 is 5.91 Å². The summed E-state index contributed by atoms with van der Waals surface area (Å²) in [5.41, 5.74) is 8.75. The number of likely N-dealkylation sites (N-methyl/N-ethyl adjacent to an activating group) is 1. The Bertz CT molecular complexity index is 1370. The van der Waals surface area contributed by atoms with Crippen LogP contribution < -0.4 is 21.3 Å². The first-order chi connectivity index (χ1) is 17.0. The van der Waals surface area contributed by atoms with E-state index in [1.165, 1.54) is 0 Å². The van der Waals surface area contributed by atoms with Crippen molar-refractivity contribution in [2.75, 3.05) is 48.8 Å². The average molecular weight is 488 g/mol. The van der Waals surface area contributed by atoms with Crippen molar-refractivity contribution in [2.24, 2.45) is 5.73 Å². The molecule has 2 aromatic carbocycles. The molecule has 0 bridgehead atoms. The molecule has 178 valence electrons. The number of carbonyl (C=O) groups excluding carboxylic acids is 2. The van der Waals surface area contributed by atoms with Crippen LogP contribution in [0, 0.1) is 0 Å². The Labute approximate surface area is 206 Å². The molecule has 1 aliphatic heterocycles. The quantitative estimate of drug-likeness (QED) is 0.381. The lowest BCUT2D eigenvalue weighted by molar-refractivity contribution is 0.0997. The summed E-state index contributed by atoms with van der Waals surface area (Å²) in [4.78, 5) is 38.2. The molecule has 10 heteroatoms. The van der Waals surface area contributed by atoms with Gasteiger partial charge in [-0.15, -0.1) is 0 Å². The third-order valence-corrected chi connectivity index (χ3v) is 6.86. The molecule has 0 spiro atoms. The highest BCUT2D eigenvalue weighted by Gasteiger charge is 2.20. The number of primary amides is 1. The number of benzene rings is 2. The maximum absolute atomic E-state index is 12.9. The zero-order valence-corrected chi connectivity index (χ0v) is 20.0. The average Bonchev–Trinajstić information content (AvgIpc) is 3.27. The van der Waals surface area contributed by atoms with Crippen molar-refractivity contribution in [3.63, 3.8) is 0 Å². The van der Waals surface area contributed by atoms with Gasteiger partial charge in [-0.2, -0.15) is 0 Å². The molecule has 2 aromatic heterocycles. The van der Waals surface area contributed by atoms with Crippen LogP contribution in [0.25, 0.3) is 10.9 Å². The number of hydrogen-bond donors (Lipinski definition) is 3. The van der Waals surface area contributed by atoms with Gasteiger partial charge in [-0.1, -0.05) is 17.4 Å². The van der Waals surface area contributed by atoms with Crippen LogP contribution in [0.3, 0.4) is 0 Å². The van der Waals surface area contributed by atoms with E-state index in [2.05, 4.69) is 37.4 Å². The number of rotatable bonds is 6. The van der Waals surface area contributed by atoms with Gasteiger partial charge in [0.2, 0.25) is 0 Å². The highest BCUT2D eigenvalue weighted by molar-refractivity contribution is 7.20. The van der Waals surface area contributed by atoms with Gasteiger partial charge in [-0.3, -0.25) is 14.6 Å². The number of amides is 2. The van der Waals surface area contributed by atoms with Gasteiger partial charge in [-0.05, 0) is 55.6 Å². The molecule has 1 fully saturated rings. The topological polar surface area (TPSA) is 116 Å². The van der Waals surface area contributed by atoms with Crippen molar-refractivity contribution >= 4 is 55.6 Å². The summed E-state index contributed by atoms with van der Waals surface area (Å²) in [6.07, 6.45) is 1.73. The molecule has 1 aliphatic rings. The molecule has 5 rings (SSSR count). The zero-order chi connectivity index (χ0) is 24.4. The van der Waals surface area contributed by atoms with E-state index in [1.54, 1.807) is 18.3 Å². The second kappa shape index (κ2) is 9.69. The summed E-state index contributed by atoms with van der Waals surface area (Å²) < 4.78 is 0. The van der Waals surface area contributed by atoms with E-state index in [1.807, 2.05) is 42.5 Å². The normalized spacial score (nSPS) is 14.1. The van der Waals surface area contributed by atoms with Crippen LogP contribution in [0.4, 0.5) is 21.5 Å². The second-order valence-corrected chi connectivity index (χ2v) is 9.35. The van der Waals surface area contributed by atoms with E-state index in [4.69, 9.17) is 5.73 Å². The monoisotopic (exact) mass is 487 g/mol. The summed E-state index contributed by atoms with van der Waals surface area (Å²) >= 11 is 1.15. The molecule has 4 N–H and O–H groups in total. The van der Waals surface area contributed by atoms with Crippen molar-refractivity contribution in [3.8, 4) is 0 Å². The van der Waals surface area contributed by atoms with Crippen molar-refractivity contribution in [1.82, 2.24) is 14.9 Å². The molecule has 2 amide bonds. The first kappa shape index (κ1) is 22.8. The van der Waals surface area contributed by atoms with Gasteiger partial charge in [-0.25, -0.2) is 4.98 Å². The Balaban J connectivity index is 1.33. The lowest BCUT2D eigenvalue weighted by Gasteiger charge is -2.34. The number of nitrogens with zero attached hydrogens (tertiary/aromatic N) is 4. The number of pyridine rings is 1. The molecular formula is C25H25N7O2S. The Morgan fingerprint density at radius 2 is 1.77 bits per heavy atom. The fourth-order valence-electron chi connectivity index (χ4n) is 4.02. The number of fused-ring (bicyclic) bond motifs is 1. The van der Waals surface area contributed by atoms with Crippen LogP contribution >= 0.6 is 11.3 Å². The first-order valence-electron chi connectivity index (χ1n) is 11.2. The van der Waals surface area contributed by atoms with Gasteiger partial charge < -0.3 is 26.2 Å². The van der Waals surface area contributed by atoms with E-state index in [0.29, 0.717) is 15.7 Å². The van der Waals surface area contributed by atoms with Gasteiger partial charge in [0.15, 0.2) is 10.8 Å². The molecule has 1 saturated heterocycles. The lowest BCUT2D eigenvalue weighted by Crippen LogP contribution is -2.44. The van der Waals surface area contributed by atoms with Crippen LogP contribution in [0.5, 0.6) is 0 Å². The van der Waals surface area contributed by atoms with Crippen LogP contribution in [-0.4, -0.2) is 59.9 Å². The Kier molecular flexibility index (Phi) is 6.30. The van der Waals surface area contributed by atoms with Crippen LogP contribution in [0.2, 0.25) is 0 Å². The summed E-state index contributed by atoms with van der Waals surface area (Å²) in [6, 6.07) is 17.0. The van der Waals surface area contributed by atoms with E-state index in [-0.39, 0.29) is 11.6 Å². The summed E-state index contributed by atoms with van der Waals surface area (Å²) in [7, 11) is 2.12. The van der Waals surface area contributed by atoms with Gasteiger partial charge >= 0.3 is 0 Å². The maximum Gasteiger partial charge on any atom is 0.270 e. The second-order valence-electron chi connectivity index (χ2n) is 8.35. The molecule has 0 saturated carbocycles. The molecule has 9 nitrogen and oxygen atoms in total. The Morgan fingerprint density at radius 1 is 1.00 bits per heavy atom. The minimum absolute atomic E-state index is 0.0123. The van der Waals surface area contributed by atoms with E-state index in [0.717, 1.165) is 59.8 Å². The summed E-state index contributed by atoms with van der Waals surface area (Å²) in [5.74, 6) is -1.04. The van der Waals surface area contributed by atoms with Gasteiger partial charge in [0.25, 0.3) is 11.8 Å². The number of nitrogens with one attached hydrogen (secondary N) is 2. The minimum Gasteiger partial charge on any atom is -0.369 e. The predicted molar refractivity (Wildman–Crippen MR) is 140 cm³/mol. The van der Waals surface area contributed by atoms with Crippen molar-refractivity contribution in [3.05, 3.63) is 72.1 Å². The predicted octanol–water partition coefficient (Wildman–Crippen LogP) is 3.54. The largest absolute Gasteiger partial charge is 0.369 e. The summed E-state index contributed by atoms with van der Waals surface area (Å²) in [5, 5.41) is 7.67. The van der Waals surface area contributed by atoms with Gasteiger partial charge in [0.1, 0.15) is 5.00 Å². The minimum atomic E-state index is -0.713. The SMILES string of the molecule is CN1CCN(c2ccc(C(=O)Nc3sc(Nc4cccc5ncccc45)nc3C(N)=O)cc2)CC1. The molecule has 0 atom stereocenters. The van der Waals surface area contributed by atoms with Crippen LogP contribution in [0.15, 0.2) is 60.8 Å². The highest BCUT2D eigenvalue weighted by Crippen LogP contribution is 2.33. The van der Waals surface area contributed by atoms with Crippen molar-refractivity contribution < 1.29 is 9.59 Å². The number of hydrogen-bond acceptors (Lipinski definition) is 8. The Morgan fingerprint density at radius 3 is 2.51 bits per heavy atom. The fraction of sp³-hybridized carbons (Fsp3) is 0.200. The number of piperazine rings is 1. The number of aromatic nitrogens is 2. The molecule has 0 aliphatic carbocycles. The maximum atomic E-state index is 12.9. The molecule has 35 heavy (non-hydrogen) atoms. The lowest BCUT2D eigenvalue weighted by atomic mass is 10.1. The number of anilines is 4. The Hall–Kier alpha value is -4.02. The van der Waals surface area contributed by atoms with Gasteiger partial charge in [0.05, 0.1) is 5.52 Å². The molecule has 4 aromatic rings. The molecule has 0 unspecified atom stereocenters. The third-order valence-electron chi connectivity index (χ3n) is 5.97. The van der Waals surface area contributed by atoms with Crippen molar-refractivity contribution in [2.45, 2.75) is 0 Å². The fourth-order valence-corrected chi connectivity index (χ4v) is 4.89. The van der Waals surface area contributed by atoms with Crippen molar-refractivity contribution in [1.29, 1.82) is 0 Å². The highest BCUT2D eigenvalue weighted by atomic mass is 32.1. The summed E-state index contributed by atoms with van der Waals surface area (Å²) in [6.45, 7) is 3.92. The van der Waals surface area contributed by atoms with Crippen LogP contribution in [-0.2, 0) is 0 Å². The standard InChI is InChI=1S/C25H25N7O2S/c1-31-12-14-32(15-13-31)17-9-7-16(8-10-17)23(34)30-24-21(22(26)33)29-25(35-24)28-20-6-2-5-19-18(20)4-3-11-27-19/h2-11H,12-15H2,1H3,(H2,26,33)(H,28,29)(H,30,34). The van der Waals surface area contributed by atoms with E-state index in [9.17, 15) is 9.59 Å². The molecule has 0 radical (unpaired) electrons. The number of carbonyl (C=O) groups is 2. The zero-order valence-electron chi connectivity index (χ0n) is 19.2. The number of thiazole rings is 1. The molecule has 3 heterocycles. The van der Waals surface area contributed by atoms with E-state index >= 15 is 0 Å². The number of nitrogens with two attached hydrogens (primary N) is 1. The first-order valence-corrected chi connectivity index (χ1v) is 12.1. The third kappa shape index (κ3) is 4.93. The van der Waals surface area contributed by atoms with Gasteiger partial charge in [0, 0.05) is 54.7 Å².